The zero-order valence-electron chi connectivity index (χ0n) is 8.95. The lowest BCUT2D eigenvalue weighted by molar-refractivity contribution is -0.128. The van der Waals surface area contributed by atoms with Gasteiger partial charge in [0, 0.05) is 13.1 Å². The third-order valence-electron chi connectivity index (χ3n) is 2.59. The second-order valence-electron chi connectivity index (χ2n) is 3.79. The van der Waals surface area contributed by atoms with E-state index in [0.717, 1.165) is 25.9 Å². The van der Waals surface area contributed by atoms with Gasteiger partial charge in [-0.25, -0.2) is 4.98 Å². The topological polar surface area (TPSA) is 45.2 Å². The summed E-state index contributed by atoms with van der Waals surface area (Å²) in [6.45, 7) is 1.84. The molecule has 86 valence electrons. The summed E-state index contributed by atoms with van der Waals surface area (Å²) in [7, 11) is 0. The number of likely N-dealkylation sites (tertiary alicyclic amines) is 1. The monoisotopic (exact) mass is 223 g/mol. The maximum Gasteiger partial charge on any atom is 0.241 e. The number of hydrogen-bond donors (Lipinski definition) is 1. The summed E-state index contributed by atoms with van der Waals surface area (Å²) in [5, 5.41) is 2.82. The van der Waals surface area contributed by atoms with E-state index in [9.17, 15) is 9.18 Å². The lowest BCUT2D eigenvalue weighted by Crippen LogP contribution is -2.33. The Kier molecular flexibility index (Phi) is 3.34. The molecule has 1 aliphatic heterocycles. The van der Waals surface area contributed by atoms with Crippen molar-refractivity contribution in [2.24, 2.45) is 0 Å². The number of halogens is 1. The number of pyridine rings is 1. The molecule has 5 heteroatoms. The first-order valence-electron chi connectivity index (χ1n) is 5.40. The van der Waals surface area contributed by atoms with Crippen molar-refractivity contribution in [1.29, 1.82) is 0 Å². The van der Waals surface area contributed by atoms with Crippen molar-refractivity contribution < 1.29 is 9.18 Å². The molecule has 0 unspecified atom stereocenters. The number of hydrogen-bond acceptors (Lipinski definition) is 3. The fraction of sp³-hybridized carbons (Fsp3) is 0.455. The Morgan fingerprint density at radius 1 is 1.44 bits per heavy atom. The van der Waals surface area contributed by atoms with E-state index in [1.165, 1.54) is 6.07 Å². The molecule has 0 spiro atoms. The van der Waals surface area contributed by atoms with Gasteiger partial charge in [-0.3, -0.25) is 4.79 Å². The zero-order valence-corrected chi connectivity index (χ0v) is 8.95. The van der Waals surface area contributed by atoms with Gasteiger partial charge in [0.25, 0.3) is 0 Å². The van der Waals surface area contributed by atoms with E-state index in [1.54, 1.807) is 12.1 Å². The van der Waals surface area contributed by atoms with Crippen LogP contribution in [0.1, 0.15) is 12.8 Å². The number of carbonyl (C=O) groups excluding carboxylic acids is 1. The average Bonchev–Trinajstić information content (AvgIpc) is 2.79. The van der Waals surface area contributed by atoms with E-state index in [1.807, 2.05) is 4.90 Å². The molecule has 0 saturated carbocycles. The number of nitrogens with zero attached hydrogens (tertiary/aromatic N) is 2. The number of rotatable bonds is 3. The van der Waals surface area contributed by atoms with Crippen molar-refractivity contribution in [2.75, 3.05) is 25.0 Å². The van der Waals surface area contributed by atoms with Gasteiger partial charge in [0.15, 0.2) is 0 Å². The van der Waals surface area contributed by atoms with Crippen molar-refractivity contribution in [3.8, 4) is 0 Å². The van der Waals surface area contributed by atoms with Gasteiger partial charge in [0.1, 0.15) is 5.82 Å². The van der Waals surface area contributed by atoms with Gasteiger partial charge in [0.05, 0.1) is 6.54 Å². The molecule has 1 aromatic heterocycles. The third-order valence-corrected chi connectivity index (χ3v) is 2.59. The van der Waals surface area contributed by atoms with Gasteiger partial charge in [-0.2, -0.15) is 4.39 Å². The highest BCUT2D eigenvalue weighted by Crippen LogP contribution is 2.08. The minimum absolute atomic E-state index is 0.0450. The number of nitrogens with one attached hydrogen (secondary N) is 1. The minimum Gasteiger partial charge on any atom is -0.361 e. The van der Waals surface area contributed by atoms with Gasteiger partial charge < -0.3 is 10.2 Å². The Morgan fingerprint density at radius 2 is 2.19 bits per heavy atom. The first kappa shape index (κ1) is 10.9. The minimum atomic E-state index is -0.543. The van der Waals surface area contributed by atoms with E-state index in [4.69, 9.17) is 0 Å². The van der Waals surface area contributed by atoms with Gasteiger partial charge in [0.2, 0.25) is 11.9 Å². The molecule has 0 radical (unpaired) electrons. The lowest BCUT2D eigenvalue weighted by Gasteiger charge is -2.15. The first-order chi connectivity index (χ1) is 7.75. The number of anilines is 1. The number of amides is 1. The summed E-state index contributed by atoms with van der Waals surface area (Å²) < 4.78 is 12.7. The maximum atomic E-state index is 12.7. The first-order valence-corrected chi connectivity index (χ1v) is 5.40. The fourth-order valence-corrected chi connectivity index (χ4v) is 1.75. The highest BCUT2D eigenvalue weighted by atomic mass is 19.1. The maximum absolute atomic E-state index is 12.7. The molecule has 0 aromatic carbocycles. The van der Waals surface area contributed by atoms with Gasteiger partial charge in [-0.1, -0.05) is 6.07 Å². The van der Waals surface area contributed by atoms with Crippen molar-refractivity contribution >= 4 is 11.7 Å². The summed E-state index contributed by atoms with van der Waals surface area (Å²) in [5.41, 5.74) is 0. The molecule has 1 fully saturated rings. The van der Waals surface area contributed by atoms with Crippen molar-refractivity contribution in [3.05, 3.63) is 24.1 Å². The van der Waals surface area contributed by atoms with Crippen LogP contribution in [0.15, 0.2) is 18.2 Å². The molecule has 16 heavy (non-hydrogen) atoms. The Balaban J connectivity index is 1.84. The summed E-state index contributed by atoms with van der Waals surface area (Å²) in [6.07, 6.45) is 2.15. The summed E-state index contributed by atoms with van der Waals surface area (Å²) >= 11 is 0. The van der Waals surface area contributed by atoms with Crippen LogP contribution in [0.5, 0.6) is 0 Å². The molecule has 4 nitrogen and oxygen atoms in total. The molecular weight excluding hydrogens is 209 g/mol. The van der Waals surface area contributed by atoms with Gasteiger partial charge in [-0.05, 0) is 25.0 Å². The second-order valence-corrected chi connectivity index (χ2v) is 3.79. The van der Waals surface area contributed by atoms with Crippen LogP contribution < -0.4 is 5.32 Å². The van der Waals surface area contributed by atoms with Crippen LogP contribution in [-0.4, -0.2) is 35.4 Å². The Labute approximate surface area is 93.5 Å². The second kappa shape index (κ2) is 4.92. The summed E-state index contributed by atoms with van der Waals surface area (Å²) in [4.78, 5) is 17.1. The van der Waals surface area contributed by atoms with Crippen LogP contribution in [0.25, 0.3) is 0 Å². The van der Waals surface area contributed by atoms with Crippen LogP contribution in [0.3, 0.4) is 0 Å². The molecular formula is C11H14FN3O. The Morgan fingerprint density at radius 3 is 2.88 bits per heavy atom. The highest BCUT2D eigenvalue weighted by molar-refractivity contribution is 5.80. The average molecular weight is 223 g/mol. The zero-order chi connectivity index (χ0) is 11.4. The van der Waals surface area contributed by atoms with Crippen LogP contribution in [-0.2, 0) is 4.79 Å². The number of carbonyl (C=O) groups is 1. The smallest absolute Gasteiger partial charge is 0.241 e. The molecule has 0 atom stereocenters. The van der Waals surface area contributed by atoms with Gasteiger partial charge in [-0.15, -0.1) is 0 Å². The molecule has 0 bridgehead atoms. The Hall–Kier alpha value is -1.65. The molecule has 1 N–H and O–H groups in total. The lowest BCUT2D eigenvalue weighted by atomic mass is 10.4. The van der Waals surface area contributed by atoms with Crippen molar-refractivity contribution in [3.63, 3.8) is 0 Å². The third kappa shape index (κ3) is 2.68. The molecule has 2 heterocycles. The summed E-state index contributed by atoms with van der Waals surface area (Å²) in [5.74, 6) is -0.102. The van der Waals surface area contributed by atoms with Crippen LogP contribution in [0.2, 0.25) is 0 Å². The van der Waals surface area contributed by atoms with E-state index in [2.05, 4.69) is 10.3 Å². The van der Waals surface area contributed by atoms with Crippen molar-refractivity contribution in [1.82, 2.24) is 9.88 Å². The van der Waals surface area contributed by atoms with E-state index in [0.29, 0.717) is 5.82 Å². The SMILES string of the molecule is O=C(CNc1cccc(F)n1)N1CCCC1. The normalized spacial score (nSPS) is 15.2. The molecule has 0 aliphatic carbocycles. The summed E-state index contributed by atoms with van der Waals surface area (Å²) in [6, 6.07) is 4.47. The molecule has 1 aromatic rings. The van der Waals surface area contributed by atoms with E-state index in [-0.39, 0.29) is 12.5 Å². The Bertz CT molecular complexity index is 377. The predicted molar refractivity (Wildman–Crippen MR) is 58.5 cm³/mol. The highest BCUT2D eigenvalue weighted by Gasteiger charge is 2.17. The quantitative estimate of drug-likeness (QED) is 0.784. The molecule has 2 rings (SSSR count). The van der Waals surface area contributed by atoms with Crippen LogP contribution in [0, 0.1) is 5.95 Å². The number of aromatic nitrogens is 1. The van der Waals surface area contributed by atoms with E-state index >= 15 is 0 Å². The molecule has 1 aliphatic rings. The van der Waals surface area contributed by atoms with Crippen LogP contribution >= 0.6 is 0 Å². The fourth-order valence-electron chi connectivity index (χ4n) is 1.75. The van der Waals surface area contributed by atoms with Gasteiger partial charge >= 0.3 is 0 Å². The van der Waals surface area contributed by atoms with Crippen molar-refractivity contribution in [2.45, 2.75) is 12.8 Å². The molecule has 1 amide bonds. The van der Waals surface area contributed by atoms with E-state index < -0.39 is 5.95 Å². The van der Waals surface area contributed by atoms with Crippen LogP contribution in [0.4, 0.5) is 10.2 Å². The predicted octanol–water partition coefficient (Wildman–Crippen LogP) is 1.25. The standard InChI is InChI=1S/C11H14FN3O/c12-9-4-3-5-10(14-9)13-8-11(16)15-6-1-2-7-15/h3-5H,1-2,6-8H2,(H,13,14). The molecule has 1 saturated heterocycles. The largest absolute Gasteiger partial charge is 0.361 e.